The molecule has 0 aliphatic heterocycles. The average molecular weight is 287 g/mol. The molecular formula is C19H17N3. The maximum Gasteiger partial charge on any atom is 0.0965 e. The second-order valence-electron chi connectivity index (χ2n) is 5.25. The van der Waals surface area contributed by atoms with E-state index >= 15 is 0 Å². The summed E-state index contributed by atoms with van der Waals surface area (Å²) in [7, 11) is 2.03. The Kier molecular flexibility index (Phi) is 3.93. The van der Waals surface area contributed by atoms with Crippen molar-refractivity contribution in [2.24, 2.45) is 7.05 Å². The highest BCUT2D eigenvalue weighted by Gasteiger charge is 2.07. The SMILES string of the molecule is Cn1cc(CC(C#N)=CNc2ccccc2)c2ccccc21. The second-order valence-corrected chi connectivity index (χ2v) is 5.25. The van der Waals surface area contributed by atoms with Crippen LogP contribution in [0.4, 0.5) is 5.69 Å². The van der Waals surface area contributed by atoms with Crippen molar-refractivity contribution in [2.75, 3.05) is 5.32 Å². The molecule has 0 aliphatic rings. The number of fused-ring (bicyclic) bond motifs is 1. The van der Waals surface area contributed by atoms with Crippen molar-refractivity contribution in [1.29, 1.82) is 5.26 Å². The summed E-state index contributed by atoms with van der Waals surface area (Å²) in [4.78, 5) is 0. The number of hydrogen-bond acceptors (Lipinski definition) is 2. The van der Waals surface area contributed by atoms with Crippen LogP contribution in [0.5, 0.6) is 0 Å². The maximum absolute atomic E-state index is 9.38. The molecule has 0 bridgehead atoms. The van der Waals surface area contributed by atoms with Crippen molar-refractivity contribution < 1.29 is 0 Å². The molecule has 2 aromatic carbocycles. The van der Waals surface area contributed by atoms with Gasteiger partial charge in [0.25, 0.3) is 0 Å². The summed E-state index contributed by atoms with van der Waals surface area (Å²) in [6.45, 7) is 0. The average Bonchev–Trinajstić information content (AvgIpc) is 2.89. The quantitative estimate of drug-likeness (QED) is 0.729. The van der Waals surface area contributed by atoms with E-state index in [1.165, 1.54) is 16.5 Å². The molecule has 1 N–H and O–H groups in total. The van der Waals surface area contributed by atoms with Crippen LogP contribution in [0.25, 0.3) is 10.9 Å². The third-order valence-corrected chi connectivity index (χ3v) is 3.69. The van der Waals surface area contributed by atoms with E-state index in [0.717, 1.165) is 5.69 Å². The van der Waals surface area contributed by atoms with E-state index < -0.39 is 0 Å². The lowest BCUT2D eigenvalue weighted by Crippen LogP contribution is -1.94. The molecule has 0 radical (unpaired) electrons. The van der Waals surface area contributed by atoms with Gasteiger partial charge in [0.1, 0.15) is 0 Å². The number of anilines is 1. The highest BCUT2D eigenvalue weighted by Crippen LogP contribution is 2.22. The third-order valence-electron chi connectivity index (χ3n) is 3.69. The highest BCUT2D eigenvalue weighted by molar-refractivity contribution is 5.84. The number of benzene rings is 2. The minimum atomic E-state index is 0.623. The Hall–Kier alpha value is -2.99. The van der Waals surface area contributed by atoms with Gasteiger partial charge in [0.05, 0.1) is 6.07 Å². The number of aryl methyl sites for hydroxylation is 1. The summed E-state index contributed by atoms with van der Waals surface area (Å²) in [5, 5.41) is 13.8. The Morgan fingerprint density at radius 2 is 1.86 bits per heavy atom. The number of nitrogens with zero attached hydrogens (tertiary/aromatic N) is 2. The van der Waals surface area contributed by atoms with Crippen LogP contribution in [-0.2, 0) is 13.5 Å². The summed E-state index contributed by atoms with van der Waals surface area (Å²) in [5.74, 6) is 0. The topological polar surface area (TPSA) is 40.8 Å². The molecule has 3 nitrogen and oxygen atoms in total. The normalized spacial score (nSPS) is 11.4. The van der Waals surface area contributed by atoms with Gasteiger partial charge in [0, 0.05) is 48.0 Å². The molecule has 0 fully saturated rings. The van der Waals surface area contributed by atoms with Gasteiger partial charge in [0.15, 0.2) is 0 Å². The first-order valence-electron chi connectivity index (χ1n) is 7.21. The minimum absolute atomic E-state index is 0.623. The summed E-state index contributed by atoms with van der Waals surface area (Å²) < 4.78 is 2.10. The van der Waals surface area contributed by atoms with Crippen LogP contribution in [-0.4, -0.2) is 4.57 Å². The van der Waals surface area contributed by atoms with Gasteiger partial charge in [-0.3, -0.25) is 0 Å². The van der Waals surface area contributed by atoms with Crippen molar-refractivity contribution >= 4 is 16.6 Å². The third kappa shape index (κ3) is 2.87. The van der Waals surface area contributed by atoms with Gasteiger partial charge >= 0.3 is 0 Å². The first kappa shape index (κ1) is 14.0. The molecular weight excluding hydrogens is 270 g/mol. The van der Waals surface area contributed by atoms with E-state index in [4.69, 9.17) is 0 Å². The van der Waals surface area contributed by atoms with Crippen LogP contribution < -0.4 is 5.32 Å². The van der Waals surface area contributed by atoms with Gasteiger partial charge < -0.3 is 9.88 Å². The first-order chi connectivity index (χ1) is 10.8. The van der Waals surface area contributed by atoms with Crippen molar-refractivity contribution in [1.82, 2.24) is 4.57 Å². The first-order valence-corrected chi connectivity index (χ1v) is 7.21. The van der Waals surface area contributed by atoms with E-state index in [2.05, 4.69) is 34.3 Å². The molecule has 22 heavy (non-hydrogen) atoms. The molecule has 0 aliphatic carbocycles. The molecule has 0 atom stereocenters. The predicted octanol–water partition coefficient (Wildman–Crippen LogP) is 4.24. The molecule has 108 valence electrons. The predicted molar refractivity (Wildman–Crippen MR) is 90.4 cm³/mol. The zero-order chi connectivity index (χ0) is 15.4. The lowest BCUT2D eigenvalue weighted by Gasteiger charge is -2.02. The van der Waals surface area contributed by atoms with Gasteiger partial charge in [0.2, 0.25) is 0 Å². The molecule has 0 amide bonds. The van der Waals surface area contributed by atoms with Crippen LogP contribution in [0.15, 0.2) is 72.6 Å². The molecule has 3 heteroatoms. The summed E-state index contributed by atoms with van der Waals surface area (Å²) >= 11 is 0. The molecule has 1 aromatic heterocycles. The van der Waals surface area contributed by atoms with Crippen LogP contribution in [0.2, 0.25) is 0 Å². The lowest BCUT2D eigenvalue weighted by molar-refractivity contribution is 0.958. The Bertz CT molecular complexity index is 851. The Morgan fingerprint density at radius 1 is 1.14 bits per heavy atom. The lowest BCUT2D eigenvalue weighted by atomic mass is 10.1. The number of rotatable bonds is 4. The molecule has 0 saturated heterocycles. The fourth-order valence-corrected chi connectivity index (χ4v) is 2.60. The minimum Gasteiger partial charge on any atom is -0.361 e. The van der Waals surface area contributed by atoms with Crippen LogP contribution >= 0.6 is 0 Å². The van der Waals surface area contributed by atoms with Gasteiger partial charge in [-0.1, -0.05) is 36.4 Å². The second kappa shape index (κ2) is 6.19. The maximum atomic E-state index is 9.38. The number of hydrogen-bond donors (Lipinski definition) is 1. The number of para-hydroxylation sites is 2. The molecule has 0 spiro atoms. The van der Waals surface area contributed by atoms with Crippen molar-refractivity contribution in [2.45, 2.75) is 6.42 Å². The molecule has 3 aromatic rings. The molecule has 0 saturated carbocycles. The fourth-order valence-electron chi connectivity index (χ4n) is 2.60. The molecule has 1 heterocycles. The smallest absolute Gasteiger partial charge is 0.0965 e. The fraction of sp³-hybridized carbons (Fsp3) is 0.105. The van der Waals surface area contributed by atoms with Crippen LogP contribution in [0.3, 0.4) is 0 Å². The number of nitriles is 1. The monoisotopic (exact) mass is 287 g/mol. The van der Waals surface area contributed by atoms with Gasteiger partial charge in [-0.2, -0.15) is 5.26 Å². The standard InChI is InChI=1S/C19H17N3/c1-22-14-16(18-9-5-6-10-19(18)22)11-15(12-20)13-21-17-7-3-2-4-8-17/h2-10,13-14,21H,11H2,1H3. The summed E-state index contributed by atoms with van der Waals surface area (Å²) in [6, 6.07) is 20.4. The highest BCUT2D eigenvalue weighted by atomic mass is 14.9. The van der Waals surface area contributed by atoms with Gasteiger partial charge in [-0.05, 0) is 23.8 Å². The van der Waals surface area contributed by atoms with E-state index in [1.54, 1.807) is 6.20 Å². The Morgan fingerprint density at radius 3 is 2.64 bits per heavy atom. The van der Waals surface area contributed by atoms with Crippen molar-refractivity contribution in [3.63, 3.8) is 0 Å². The molecule has 3 rings (SSSR count). The molecule has 0 unspecified atom stereocenters. The Balaban J connectivity index is 1.84. The van der Waals surface area contributed by atoms with Crippen molar-refractivity contribution in [3.8, 4) is 6.07 Å². The van der Waals surface area contributed by atoms with E-state index in [9.17, 15) is 5.26 Å². The largest absolute Gasteiger partial charge is 0.361 e. The van der Waals surface area contributed by atoms with Crippen LogP contribution in [0, 0.1) is 11.3 Å². The van der Waals surface area contributed by atoms with Gasteiger partial charge in [-0.15, -0.1) is 0 Å². The van der Waals surface area contributed by atoms with Gasteiger partial charge in [-0.25, -0.2) is 0 Å². The number of nitrogens with one attached hydrogen (secondary N) is 1. The van der Waals surface area contributed by atoms with Crippen molar-refractivity contribution in [3.05, 3.63) is 78.1 Å². The summed E-state index contributed by atoms with van der Waals surface area (Å²) in [6.07, 6.45) is 4.51. The Labute approximate surface area is 130 Å². The zero-order valence-electron chi connectivity index (χ0n) is 12.5. The van der Waals surface area contributed by atoms with Crippen LogP contribution in [0.1, 0.15) is 5.56 Å². The van der Waals surface area contributed by atoms with E-state index in [0.29, 0.717) is 12.0 Å². The zero-order valence-corrected chi connectivity index (χ0v) is 12.5. The summed E-state index contributed by atoms with van der Waals surface area (Å²) in [5.41, 5.74) is 4.04. The number of allylic oxidation sites excluding steroid dienone is 1. The number of aromatic nitrogens is 1. The van der Waals surface area contributed by atoms with E-state index in [-0.39, 0.29) is 0 Å². The van der Waals surface area contributed by atoms with E-state index in [1.807, 2.05) is 49.5 Å².